The van der Waals surface area contributed by atoms with E-state index in [0.717, 1.165) is 12.1 Å². The number of nitrogens with zero attached hydrogens (tertiary/aromatic N) is 4. The van der Waals surface area contributed by atoms with Gasteiger partial charge in [-0.2, -0.15) is 18.3 Å². The normalized spacial score (nSPS) is 15.6. The van der Waals surface area contributed by atoms with Crippen LogP contribution in [0, 0.1) is 0 Å². The highest BCUT2D eigenvalue weighted by Crippen LogP contribution is 2.29. The number of carbonyl (C=O) groups is 2. The molecule has 7 nitrogen and oxygen atoms in total. The molecule has 0 aliphatic carbocycles. The number of carbonyl (C=O) groups excluding carboxylic acids is 1. The Morgan fingerprint density at radius 1 is 1.14 bits per heavy atom. The highest BCUT2D eigenvalue weighted by molar-refractivity contribution is 5.87. The molecule has 1 N–H and O–H groups in total. The molecule has 0 spiro atoms. The molecule has 1 aromatic heterocycles. The number of piperazine rings is 1. The van der Waals surface area contributed by atoms with E-state index in [2.05, 4.69) is 5.10 Å². The van der Waals surface area contributed by atoms with E-state index >= 15 is 0 Å². The summed E-state index contributed by atoms with van der Waals surface area (Å²) in [5, 5.41) is 12.7. The molecule has 1 fully saturated rings. The molecule has 1 aliphatic heterocycles. The van der Waals surface area contributed by atoms with Crippen molar-refractivity contribution in [2.45, 2.75) is 19.3 Å². The smallest absolute Gasteiger partial charge is 0.416 e. The summed E-state index contributed by atoms with van der Waals surface area (Å²) < 4.78 is 39.7. The quantitative estimate of drug-likeness (QED) is 0.836. The van der Waals surface area contributed by atoms with E-state index < -0.39 is 17.7 Å². The summed E-state index contributed by atoms with van der Waals surface area (Å²) in [6.07, 6.45) is -1.89. The van der Waals surface area contributed by atoms with Gasteiger partial charge in [0.15, 0.2) is 0 Å². The van der Waals surface area contributed by atoms with Crippen molar-refractivity contribution in [3.63, 3.8) is 0 Å². The van der Waals surface area contributed by atoms with Crippen LogP contribution >= 0.6 is 0 Å². The number of alkyl halides is 3. The van der Waals surface area contributed by atoms with Crippen molar-refractivity contribution in [3.8, 4) is 0 Å². The van der Waals surface area contributed by atoms with Crippen LogP contribution < -0.4 is 0 Å². The summed E-state index contributed by atoms with van der Waals surface area (Å²) in [5.41, 5.74) is -0.0789. The first-order chi connectivity index (χ1) is 13.2. The van der Waals surface area contributed by atoms with Crippen LogP contribution in [-0.4, -0.2) is 62.7 Å². The Morgan fingerprint density at radius 2 is 1.86 bits per heavy atom. The van der Waals surface area contributed by atoms with E-state index in [4.69, 9.17) is 5.11 Å². The van der Waals surface area contributed by atoms with Gasteiger partial charge in [0.25, 0.3) is 0 Å². The molecule has 1 aliphatic rings. The van der Waals surface area contributed by atoms with Crippen molar-refractivity contribution in [3.05, 3.63) is 53.3 Å². The summed E-state index contributed by atoms with van der Waals surface area (Å²) in [7, 11) is 0. The number of aromatic nitrogens is 2. The third-order valence-electron chi connectivity index (χ3n) is 4.56. The lowest BCUT2D eigenvalue weighted by Gasteiger charge is -2.34. The topological polar surface area (TPSA) is 78.7 Å². The van der Waals surface area contributed by atoms with E-state index in [0.29, 0.717) is 38.3 Å². The van der Waals surface area contributed by atoms with Gasteiger partial charge in [-0.25, -0.2) is 4.79 Å². The van der Waals surface area contributed by atoms with E-state index in [9.17, 15) is 22.8 Å². The first kappa shape index (κ1) is 19.9. The number of aromatic carboxylic acids is 1. The minimum atomic E-state index is -4.37. The Hall–Kier alpha value is -2.88. The highest BCUT2D eigenvalue weighted by Gasteiger charge is 2.30. The number of amides is 1. The minimum absolute atomic E-state index is 0.0127. The lowest BCUT2D eigenvalue weighted by molar-refractivity contribution is -0.138. The highest BCUT2D eigenvalue weighted by atomic mass is 19.4. The monoisotopic (exact) mass is 396 g/mol. The second kappa shape index (κ2) is 8.01. The molecule has 1 amide bonds. The van der Waals surface area contributed by atoms with E-state index in [1.807, 2.05) is 4.90 Å². The summed E-state index contributed by atoms with van der Waals surface area (Å²) in [5.74, 6) is -1.29. The molecular formula is C18H19F3N4O3. The molecule has 2 aromatic rings. The molecule has 150 valence electrons. The van der Waals surface area contributed by atoms with E-state index in [1.165, 1.54) is 23.1 Å². The Bertz CT molecular complexity index is 858. The van der Waals surface area contributed by atoms with Gasteiger partial charge in [0.1, 0.15) is 6.54 Å². The molecular weight excluding hydrogens is 377 g/mol. The number of benzene rings is 1. The standard InChI is InChI=1S/C18H19F3N4O3/c19-18(20,21)15-3-1-2-13(8-15)10-23-4-6-24(7-5-23)16(26)12-25-11-14(9-22-25)17(27)28/h1-3,8-9,11H,4-7,10,12H2,(H,27,28). The maximum atomic E-state index is 12.8. The zero-order valence-electron chi connectivity index (χ0n) is 14.9. The predicted octanol–water partition coefficient (Wildman–Crippen LogP) is 1.94. The Kier molecular flexibility index (Phi) is 5.68. The van der Waals surface area contributed by atoms with Gasteiger partial charge in [0, 0.05) is 38.9 Å². The third-order valence-corrected chi connectivity index (χ3v) is 4.56. The SMILES string of the molecule is O=C(O)c1cnn(CC(=O)N2CCN(Cc3cccc(C(F)(F)F)c3)CC2)c1. The van der Waals surface area contributed by atoms with Gasteiger partial charge in [0.05, 0.1) is 17.3 Å². The van der Waals surface area contributed by atoms with Crippen LogP contribution in [0.1, 0.15) is 21.5 Å². The molecule has 0 atom stereocenters. The zero-order valence-corrected chi connectivity index (χ0v) is 14.9. The number of halogens is 3. The zero-order chi connectivity index (χ0) is 20.3. The molecule has 1 saturated heterocycles. The maximum Gasteiger partial charge on any atom is 0.416 e. The minimum Gasteiger partial charge on any atom is -0.478 e. The van der Waals surface area contributed by atoms with Gasteiger partial charge in [-0.15, -0.1) is 0 Å². The molecule has 28 heavy (non-hydrogen) atoms. The molecule has 0 bridgehead atoms. The average molecular weight is 396 g/mol. The molecule has 1 aromatic carbocycles. The summed E-state index contributed by atoms with van der Waals surface area (Å²) in [6.45, 7) is 2.31. The Balaban J connectivity index is 1.51. The van der Waals surface area contributed by atoms with Gasteiger partial charge in [-0.05, 0) is 11.6 Å². The summed E-state index contributed by atoms with van der Waals surface area (Å²) in [6, 6.07) is 5.25. The maximum absolute atomic E-state index is 12.8. The first-order valence-corrected chi connectivity index (χ1v) is 8.64. The van der Waals surface area contributed by atoms with Gasteiger partial charge >= 0.3 is 12.1 Å². The van der Waals surface area contributed by atoms with Gasteiger partial charge in [0.2, 0.25) is 5.91 Å². The molecule has 0 saturated carbocycles. The van der Waals surface area contributed by atoms with Crippen LogP contribution in [0.4, 0.5) is 13.2 Å². The Morgan fingerprint density at radius 3 is 2.46 bits per heavy atom. The lowest BCUT2D eigenvalue weighted by atomic mass is 10.1. The Labute approximate surface area is 159 Å². The molecule has 10 heteroatoms. The largest absolute Gasteiger partial charge is 0.478 e. The van der Waals surface area contributed by atoms with Gasteiger partial charge in [-0.3, -0.25) is 14.4 Å². The van der Waals surface area contributed by atoms with Crippen LogP contribution in [0.15, 0.2) is 36.7 Å². The second-order valence-electron chi connectivity index (χ2n) is 6.59. The molecule has 3 rings (SSSR count). The number of carboxylic acids is 1. The van der Waals surface area contributed by atoms with Crippen molar-refractivity contribution < 1.29 is 27.9 Å². The van der Waals surface area contributed by atoms with Crippen molar-refractivity contribution in [1.29, 1.82) is 0 Å². The predicted molar refractivity (Wildman–Crippen MR) is 92.5 cm³/mol. The third kappa shape index (κ3) is 4.89. The molecule has 0 radical (unpaired) electrons. The first-order valence-electron chi connectivity index (χ1n) is 8.64. The van der Waals surface area contributed by atoms with Crippen LogP contribution in [-0.2, 0) is 24.1 Å². The number of carboxylic acid groups (broad SMARTS) is 1. The molecule has 2 heterocycles. The number of hydrogen-bond acceptors (Lipinski definition) is 4. The van der Waals surface area contributed by atoms with Crippen LogP contribution in [0.5, 0.6) is 0 Å². The summed E-state index contributed by atoms with van der Waals surface area (Å²) in [4.78, 5) is 26.8. The van der Waals surface area contributed by atoms with Crippen molar-refractivity contribution >= 4 is 11.9 Å². The van der Waals surface area contributed by atoms with Crippen molar-refractivity contribution in [1.82, 2.24) is 19.6 Å². The lowest BCUT2D eigenvalue weighted by Crippen LogP contribution is -2.49. The van der Waals surface area contributed by atoms with Gasteiger partial charge in [-0.1, -0.05) is 18.2 Å². The van der Waals surface area contributed by atoms with Crippen LogP contribution in [0.25, 0.3) is 0 Å². The average Bonchev–Trinajstić information content (AvgIpc) is 3.11. The van der Waals surface area contributed by atoms with Crippen molar-refractivity contribution in [2.24, 2.45) is 0 Å². The van der Waals surface area contributed by atoms with Crippen LogP contribution in [0.2, 0.25) is 0 Å². The van der Waals surface area contributed by atoms with E-state index in [1.54, 1.807) is 11.0 Å². The number of rotatable bonds is 5. The van der Waals surface area contributed by atoms with Crippen LogP contribution in [0.3, 0.4) is 0 Å². The fourth-order valence-electron chi connectivity index (χ4n) is 3.06. The summed E-state index contributed by atoms with van der Waals surface area (Å²) >= 11 is 0. The van der Waals surface area contributed by atoms with E-state index in [-0.39, 0.29) is 18.0 Å². The fourth-order valence-corrected chi connectivity index (χ4v) is 3.06. The molecule has 0 unspecified atom stereocenters. The fraction of sp³-hybridized carbons (Fsp3) is 0.389. The van der Waals surface area contributed by atoms with Gasteiger partial charge < -0.3 is 10.0 Å². The number of hydrogen-bond donors (Lipinski definition) is 1. The van der Waals surface area contributed by atoms with Crippen molar-refractivity contribution in [2.75, 3.05) is 26.2 Å². The second-order valence-corrected chi connectivity index (χ2v) is 6.59.